The normalized spacial score (nSPS) is 25.7. The van der Waals surface area contributed by atoms with Crippen molar-refractivity contribution < 1.29 is 9.90 Å². The third-order valence-corrected chi connectivity index (χ3v) is 4.59. The van der Waals surface area contributed by atoms with Gasteiger partial charge in [0, 0.05) is 10.8 Å². The number of hydrogen-bond donors (Lipinski definition) is 3. The molecule has 1 saturated heterocycles. The zero-order valence-electron chi connectivity index (χ0n) is 10.8. The lowest BCUT2D eigenvalue weighted by Gasteiger charge is -2.20. The predicted molar refractivity (Wildman–Crippen MR) is 78.4 cm³/mol. The largest absolute Gasteiger partial charge is 0.480 e. The van der Waals surface area contributed by atoms with Gasteiger partial charge in [-0.3, -0.25) is 4.79 Å². The number of carbonyl (C=O) groups is 1. The maximum atomic E-state index is 11.4. The molecule has 5 heteroatoms. The standard InChI is InChI=1S/C15H16N2O2S/c18-15(19)14-12(9-11-7-4-8-20-11)13(16-17-14)10-5-2-1-3-6-10/h1-8,12-14,16-17H,9H2,(H,18,19). The minimum absolute atomic E-state index is 0.00597. The zero-order chi connectivity index (χ0) is 13.9. The molecule has 3 atom stereocenters. The second-order valence-corrected chi connectivity index (χ2v) is 5.97. The minimum Gasteiger partial charge on any atom is -0.480 e. The van der Waals surface area contributed by atoms with E-state index in [0.717, 1.165) is 12.0 Å². The Hall–Kier alpha value is -1.69. The Labute approximate surface area is 121 Å². The molecule has 1 aromatic heterocycles. The Morgan fingerprint density at radius 2 is 1.95 bits per heavy atom. The van der Waals surface area contributed by atoms with Crippen molar-refractivity contribution in [2.24, 2.45) is 5.92 Å². The maximum Gasteiger partial charge on any atom is 0.322 e. The third kappa shape index (κ3) is 2.60. The first-order valence-corrected chi connectivity index (χ1v) is 7.45. The summed E-state index contributed by atoms with van der Waals surface area (Å²) in [5.41, 5.74) is 7.18. The lowest BCUT2D eigenvalue weighted by Crippen LogP contribution is -2.38. The predicted octanol–water partition coefficient (Wildman–Crippen LogP) is 2.21. The summed E-state index contributed by atoms with van der Waals surface area (Å²) in [5, 5.41) is 11.4. The van der Waals surface area contributed by atoms with E-state index < -0.39 is 12.0 Å². The molecule has 1 fully saturated rings. The van der Waals surface area contributed by atoms with E-state index >= 15 is 0 Å². The number of rotatable bonds is 4. The highest BCUT2D eigenvalue weighted by molar-refractivity contribution is 7.09. The number of carboxylic acid groups (broad SMARTS) is 1. The fourth-order valence-electron chi connectivity index (χ4n) is 2.72. The van der Waals surface area contributed by atoms with Crippen LogP contribution >= 0.6 is 11.3 Å². The summed E-state index contributed by atoms with van der Waals surface area (Å²) in [7, 11) is 0. The van der Waals surface area contributed by atoms with Gasteiger partial charge in [0.15, 0.2) is 0 Å². The molecule has 0 amide bonds. The summed E-state index contributed by atoms with van der Waals surface area (Å²) in [6.45, 7) is 0. The molecule has 0 bridgehead atoms. The van der Waals surface area contributed by atoms with Crippen LogP contribution in [-0.2, 0) is 11.2 Å². The summed E-state index contributed by atoms with van der Waals surface area (Å²) in [5.74, 6) is -0.814. The van der Waals surface area contributed by atoms with Crippen LogP contribution in [0, 0.1) is 5.92 Å². The van der Waals surface area contributed by atoms with E-state index in [1.807, 2.05) is 41.8 Å². The van der Waals surface area contributed by atoms with Gasteiger partial charge in [-0.05, 0) is 23.4 Å². The first kappa shape index (κ1) is 13.3. The van der Waals surface area contributed by atoms with Gasteiger partial charge >= 0.3 is 5.97 Å². The summed E-state index contributed by atoms with van der Waals surface area (Å²) in [6.07, 6.45) is 0.758. The topological polar surface area (TPSA) is 61.4 Å². The Bertz CT molecular complexity index is 571. The first-order valence-electron chi connectivity index (χ1n) is 6.57. The number of benzene rings is 1. The van der Waals surface area contributed by atoms with Crippen LogP contribution in [0.2, 0.25) is 0 Å². The van der Waals surface area contributed by atoms with Gasteiger partial charge < -0.3 is 5.11 Å². The molecule has 1 aliphatic heterocycles. The molecule has 3 rings (SSSR count). The zero-order valence-corrected chi connectivity index (χ0v) is 11.6. The average molecular weight is 288 g/mol. The molecule has 3 unspecified atom stereocenters. The number of carboxylic acids is 1. The van der Waals surface area contributed by atoms with Gasteiger partial charge in [0.2, 0.25) is 0 Å². The smallest absolute Gasteiger partial charge is 0.322 e. The second kappa shape index (κ2) is 5.75. The molecule has 2 heterocycles. The first-order chi connectivity index (χ1) is 9.75. The van der Waals surface area contributed by atoms with Gasteiger partial charge in [-0.25, -0.2) is 10.9 Å². The second-order valence-electron chi connectivity index (χ2n) is 4.94. The molecule has 4 nitrogen and oxygen atoms in total. The number of hydrazine groups is 1. The van der Waals surface area contributed by atoms with E-state index in [-0.39, 0.29) is 12.0 Å². The Kier molecular flexibility index (Phi) is 3.82. The highest BCUT2D eigenvalue weighted by Crippen LogP contribution is 2.32. The van der Waals surface area contributed by atoms with Gasteiger partial charge in [-0.2, -0.15) is 0 Å². The Morgan fingerprint density at radius 3 is 2.60 bits per heavy atom. The molecular formula is C15H16N2O2S. The highest BCUT2D eigenvalue weighted by atomic mass is 32.1. The van der Waals surface area contributed by atoms with E-state index in [9.17, 15) is 9.90 Å². The molecule has 0 aliphatic carbocycles. The van der Waals surface area contributed by atoms with E-state index in [1.165, 1.54) is 4.88 Å². The molecule has 1 aromatic carbocycles. The van der Waals surface area contributed by atoms with Crippen LogP contribution in [0.25, 0.3) is 0 Å². The summed E-state index contributed by atoms with van der Waals surface area (Å²) in [6, 6.07) is 13.5. The number of hydrogen-bond acceptors (Lipinski definition) is 4. The van der Waals surface area contributed by atoms with Crippen LogP contribution in [0.5, 0.6) is 0 Å². The number of aliphatic carboxylic acids is 1. The van der Waals surface area contributed by atoms with Crippen molar-refractivity contribution in [3.05, 3.63) is 58.3 Å². The van der Waals surface area contributed by atoms with Gasteiger partial charge in [-0.15, -0.1) is 11.3 Å². The summed E-state index contributed by atoms with van der Waals surface area (Å²) < 4.78 is 0. The number of nitrogens with one attached hydrogen (secondary N) is 2. The van der Waals surface area contributed by atoms with Crippen LogP contribution in [-0.4, -0.2) is 17.1 Å². The van der Waals surface area contributed by atoms with Gasteiger partial charge in [0.25, 0.3) is 0 Å². The molecule has 1 aliphatic rings. The van der Waals surface area contributed by atoms with Gasteiger partial charge in [-0.1, -0.05) is 36.4 Å². The quantitative estimate of drug-likeness (QED) is 0.807. The minimum atomic E-state index is -0.808. The van der Waals surface area contributed by atoms with Crippen molar-refractivity contribution in [2.75, 3.05) is 0 Å². The van der Waals surface area contributed by atoms with E-state index in [1.54, 1.807) is 11.3 Å². The Balaban J connectivity index is 1.87. The fraction of sp³-hybridized carbons (Fsp3) is 0.267. The van der Waals surface area contributed by atoms with Crippen molar-refractivity contribution >= 4 is 17.3 Å². The average Bonchev–Trinajstić information content (AvgIpc) is 3.10. The van der Waals surface area contributed by atoms with Crippen LogP contribution in [0.3, 0.4) is 0 Å². The third-order valence-electron chi connectivity index (χ3n) is 3.69. The van der Waals surface area contributed by atoms with Crippen LogP contribution in [0.1, 0.15) is 16.5 Å². The lowest BCUT2D eigenvalue weighted by molar-refractivity contribution is -0.140. The van der Waals surface area contributed by atoms with E-state index in [2.05, 4.69) is 16.9 Å². The van der Waals surface area contributed by atoms with Crippen molar-refractivity contribution in [1.29, 1.82) is 0 Å². The molecule has 20 heavy (non-hydrogen) atoms. The van der Waals surface area contributed by atoms with Crippen molar-refractivity contribution in [1.82, 2.24) is 10.9 Å². The lowest BCUT2D eigenvalue weighted by atomic mass is 9.86. The summed E-state index contributed by atoms with van der Waals surface area (Å²) in [4.78, 5) is 12.6. The van der Waals surface area contributed by atoms with Gasteiger partial charge in [0.05, 0.1) is 6.04 Å². The van der Waals surface area contributed by atoms with Crippen LogP contribution in [0.4, 0.5) is 0 Å². The molecule has 0 spiro atoms. The maximum absolute atomic E-state index is 11.4. The number of thiophene rings is 1. The Morgan fingerprint density at radius 1 is 1.15 bits per heavy atom. The molecule has 0 saturated carbocycles. The molecule has 0 radical (unpaired) electrons. The SMILES string of the molecule is O=C(O)C1NNC(c2ccccc2)C1Cc1cccs1. The van der Waals surface area contributed by atoms with Crippen molar-refractivity contribution in [2.45, 2.75) is 18.5 Å². The van der Waals surface area contributed by atoms with Crippen molar-refractivity contribution in [3.8, 4) is 0 Å². The monoisotopic (exact) mass is 288 g/mol. The summed E-state index contributed by atoms with van der Waals surface area (Å²) >= 11 is 1.67. The van der Waals surface area contributed by atoms with E-state index in [0.29, 0.717) is 0 Å². The molecule has 2 aromatic rings. The fourth-order valence-corrected chi connectivity index (χ4v) is 3.50. The van der Waals surface area contributed by atoms with E-state index in [4.69, 9.17) is 0 Å². The van der Waals surface area contributed by atoms with Gasteiger partial charge in [0.1, 0.15) is 6.04 Å². The molecular weight excluding hydrogens is 272 g/mol. The molecule has 104 valence electrons. The molecule has 3 N–H and O–H groups in total. The van der Waals surface area contributed by atoms with Crippen LogP contribution in [0.15, 0.2) is 47.8 Å². The van der Waals surface area contributed by atoms with Crippen LogP contribution < -0.4 is 10.9 Å². The van der Waals surface area contributed by atoms with Crippen molar-refractivity contribution in [3.63, 3.8) is 0 Å². The highest BCUT2D eigenvalue weighted by Gasteiger charge is 2.40.